The maximum absolute atomic E-state index is 12.2. The van der Waals surface area contributed by atoms with Crippen LogP contribution in [0.4, 0.5) is 15.3 Å². The summed E-state index contributed by atoms with van der Waals surface area (Å²) < 4.78 is 5.33. The van der Waals surface area contributed by atoms with Crippen LogP contribution in [0.25, 0.3) is 0 Å². The quantitative estimate of drug-likeness (QED) is 0.756. The molecule has 7 nitrogen and oxygen atoms in total. The van der Waals surface area contributed by atoms with Crippen molar-refractivity contribution in [3.05, 3.63) is 65.7 Å². The van der Waals surface area contributed by atoms with Crippen LogP contribution in [-0.4, -0.2) is 36.2 Å². The minimum absolute atomic E-state index is 0.105. The Morgan fingerprint density at radius 2 is 1.89 bits per heavy atom. The number of carbonyl (C=O) groups excluding carboxylic acids is 2. The third-order valence-corrected chi connectivity index (χ3v) is 4.41. The van der Waals surface area contributed by atoms with Crippen molar-refractivity contribution in [3.8, 4) is 0 Å². The first-order chi connectivity index (χ1) is 13.1. The van der Waals surface area contributed by atoms with Crippen LogP contribution in [0.3, 0.4) is 0 Å². The third-order valence-electron chi connectivity index (χ3n) is 4.41. The number of hydrogen-bond donors (Lipinski definition) is 3. The first-order valence-electron chi connectivity index (χ1n) is 8.96. The van der Waals surface area contributed by atoms with E-state index in [0.29, 0.717) is 31.7 Å². The monoisotopic (exact) mass is 368 g/mol. The van der Waals surface area contributed by atoms with Crippen LogP contribution in [0.2, 0.25) is 0 Å². The summed E-state index contributed by atoms with van der Waals surface area (Å²) >= 11 is 0. The lowest BCUT2D eigenvalue weighted by molar-refractivity contribution is 0.103. The lowest BCUT2D eigenvalue weighted by Crippen LogP contribution is -2.40. The molecule has 1 aliphatic rings. The van der Waals surface area contributed by atoms with Crippen molar-refractivity contribution in [2.24, 2.45) is 5.73 Å². The number of nitrogens with zero attached hydrogens (tertiary/aromatic N) is 1. The van der Waals surface area contributed by atoms with Gasteiger partial charge in [0.2, 0.25) is 0 Å². The molecule has 1 saturated heterocycles. The number of nitrogens with two attached hydrogens (primary N) is 1. The number of rotatable bonds is 5. The normalized spacial score (nSPS) is 16.0. The number of benzene rings is 2. The number of carbonyl (C=O) groups is 2. The van der Waals surface area contributed by atoms with Gasteiger partial charge in [0.05, 0.1) is 0 Å². The van der Waals surface area contributed by atoms with Gasteiger partial charge in [0, 0.05) is 31.4 Å². The van der Waals surface area contributed by atoms with Gasteiger partial charge >= 0.3 is 12.1 Å². The van der Waals surface area contributed by atoms with E-state index in [1.54, 1.807) is 11.0 Å². The molecule has 7 heteroatoms. The summed E-state index contributed by atoms with van der Waals surface area (Å²) in [6, 6.07) is 16.5. The van der Waals surface area contributed by atoms with Crippen molar-refractivity contribution in [2.75, 3.05) is 18.4 Å². The second-order valence-corrected chi connectivity index (χ2v) is 6.47. The minimum atomic E-state index is -0.362. The van der Waals surface area contributed by atoms with E-state index in [-0.39, 0.29) is 24.8 Å². The average Bonchev–Trinajstić information content (AvgIpc) is 3.15. The second-order valence-electron chi connectivity index (χ2n) is 6.47. The van der Waals surface area contributed by atoms with E-state index in [4.69, 9.17) is 10.5 Å². The number of amides is 3. The number of ether oxygens (including phenoxy) is 1. The molecule has 1 atom stereocenters. The molecule has 0 spiro atoms. The van der Waals surface area contributed by atoms with Gasteiger partial charge in [-0.15, -0.1) is 0 Å². The molecule has 3 rings (SSSR count). The van der Waals surface area contributed by atoms with Gasteiger partial charge in [-0.3, -0.25) is 0 Å². The molecule has 142 valence electrons. The highest BCUT2D eigenvalue weighted by Gasteiger charge is 2.28. The summed E-state index contributed by atoms with van der Waals surface area (Å²) in [4.78, 5) is 26.0. The molecule has 0 bridgehead atoms. The average molecular weight is 368 g/mol. The molecule has 1 fully saturated rings. The zero-order valence-corrected chi connectivity index (χ0v) is 15.1. The van der Waals surface area contributed by atoms with Crippen molar-refractivity contribution in [1.82, 2.24) is 10.2 Å². The van der Waals surface area contributed by atoms with Gasteiger partial charge in [-0.1, -0.05) is 42.5 Å². The molecule has 1 heterocycles. The zero-order chi connectivity index (χ0) is 19.1. The van der Waals surface area contributed by atoms with Crippen LogP contribution < -0.4 is 16.4 Å². The molecule has 0 radical (unpaired) electrons. The first-order valence-corrected chi connectivity index (χ1v) is 8.96. The van der Waals surface area contributed by atoms with E-state index in [0.717, 1.165) is 11.1 Å². The van der Waals surface area contributed by atoms with Gasteiger partial charge in [-0.2, -0.15) is 0 Å². The zero-order valence-electron chi connectivity index (χ0n) is 15.1. The molecule has 3 amide bonds. The molecular formula is C20H24N4O3. The molecule has 2 aromatic carbocycles. The maximum atomic E-state index is 12.2. The molecule has 27 heavy (non-hydrogen) atoms. The van der Waals surface area contributed by atoms with E-state index in [9.17, 15) is 9.59 Å². The Morgan fingerprint density at radius 3 is 2.67 bits per heavy atom. The van der Waals surface area contributed by atoms with Crippen molar-refractivity contribution < 1.29 is 14.3 Å². The SMILES string of the molecule is NCc1cccc(NC(=O)NC2CCN(C(=O)OCc3ccccc3)C2)c1. The molecule has 1 aliphatic heterocycles. The molecule has 0 aromatic heterocycles. The largest absolute Gasteiger partial charge is 0.445 e. The van der Waals surface area contributed by atoms with Gasteiger partial charge in [0.25, 0.3) is 0 Å². The fraction of sp³-hybridized carbons (Fsp3) is 0.300. The predicted molar refractivity (Wildman–Crippen MR) is 103 cm³/mol. The summed E-state index contributed by atoms with van der Waals surface area (Å²) in [6.45, 7) is 1.65. The third kappa shape index (κ3) is 5.46. The van der Waals surface area contributed by atoms with Gasteiger partial charge in [0.1, 0.15) is 6.61 Å². The van der Waals surface area contributed by atoms with Crippen LogP contribution in [0.1, 0.15) is 17.5 Å². The Morgan fingerprint density at radius 1 is 1.11 bits per heavy atom. The van der Waals surface area contributed by atoms with Crippen molar-refractivity contribution >= 4 is 17.8 Å². The minimum Gasteiger partial charge on any atom is -0.445 e. The Balaban J connectivity index is 1.43. The van der Waals surface area contributed by atoms with Gasteiger partial charge < -0.3 is 26.0 Å². The smallest absolute Gasteiger partial charge is 0.410 e. The van der Waals surface area contributed by atoms with E-state index in [1.807, 2.05) is 48.5 Å². The van der Waals surface area contributed by atoms with Crippen LogP contribution in [0.5, 0.6) is 0 Å². The van der Waals surface area contributed by atoms with E-state index < -0.39 is 0 Å². The molecule has 2 aromatic rings. The van der Waals surface area contributed by atoms with Crippen molar-refractivity contribution in [2.45, 2.75) is 25.6 Å². The van der Waals surface area contributed by atoms with Gasteiger partial charge in [-0.05, 0) is 29.7 Å². The fourth-order valence-corrected chi connectivity index (χ4v) is 2.98. The summed E-state index contributed by atoms with van der Waals surface area (Å²) in [6.07, 6.45) is 0.329. The lowest BCUT2D eigenvalue weighted by Gasteiger charge is -2.17. The number of likely N-dealkylation sites (tertiary alicyclic amines) is 1. The molecule has 0 saturated carbocycles. The summed E-state index contributed by atoms with van der Waals surface area (Å²) in [5.41, 5.74) is 8.19. The highest BCUT2D eigenvalue weighted by molar-refractivity contribution is 5.89. The predicted octanol–water partition coefficient (Wildman–Crippen LogP) is 2.68. The summed E-state index contributed by atoms with van der Waals surface area (Å²) in [7, 11) is 0. The molecular weight excluding hydrogens is 344 g/mol. The van der Waals surface area contributed by atoms with E-state index in [2.05, 4.69) is 10.6 Å². The second kappa shape index (κ2) is 9.05. The van der Waals surface area contributed by atoms with Crippen LogP contribution >= 0.6 is 0 Å². The van der Waals surface area contributed by atoms with Crippen LogP contribution in [0.15, 0.2) is 54.6 Å². The van der Waals surface area contributed by atoms with Crippen LogP contribution in [-0.2, 0) is 17.9 Å². The highest BCUT2D eigenvalue weighted by Crippen LogP contribution is 2.13. The molecule has 4 N–H and O–H groups in total. The highest BCUT2D eigenvalue weighted by atomic mass is 16.6. The Bertz CT molecular complexity index is 782. The Labute approximate surface area is 158 Å². The standard InChI is InChI=1S/C20H24N4O3/c21-12-16-7-4-8-17(11-16)22-19(25)23-18-9-10-24(13-18)20(26)27-14-15-5-2-1-3-6-15/h1-8,11,18H,9-10,12-14,21H2,(H2,22,23,25). The van der Waals surface area contributed by atoms with Crippen LogP contribution in [0, 0.1) is 0 Å². The lowest BCUT2D eigenvalue weighted by atomic mass is 10.2. The van der Waals surface area contributed by atoms with Crippen molar-refractivity contribution in [3.63, 3.8) is 0 Å². The Hall–Kier alpha value is -3.06. The first kappa shape index (κ1) is 18.7. The van der Waals surface area contributed by atoms with Gasteiger partial charge in [0.15, 0.2) is 0 Å². The summed E-state index contributed by atoms with van der Waals surface area (Å²) in [5, 5.41) is 5.69. The van der Waals surface area contributed by atoms with Gasteiger partial charge in [-0.25, -0.2) is 9.59 Å². The summed E-state index contributed by atoms with van der Waals surface area (Å²) in [5.74, 6) is 0. The molecule has 0 aliphatic carbocycles. The number of urea groups is 1. The molecule has 1 unspecified atom stereocenters. The number of anilines is 1. The van der Waals surface area contributed by atoms with Crippen molar-refractivity contribution in [1.29, 1.82) is 0 Å². The topological polar surface area (TPSA) is 96.7 Å². The van der Waals surface area contributed by atoms with E-state index in [1.165, 1.54) is 0 Å². The number of hydrogen-bond acceptors (Lipinski definition) is 4. The van der Waals surface area contributed by atoms with E-state index >= 15 is 0 Å². The fourth-order valence-electron chi connectivity index (χ4n) is 2.98. The number of nitrogens with one attached hydrogen (secondary N) is 2. The maximum Gasteiger partial charge on any atom is 0.410 e. The Kier molecular flexibility index (Phi) is 6.27.